The summed E-state index contributed by atoms with van der Waals surface area (Å²) in [6, 6.07) is 5.76. The third kappa shape index (κ3) is 2.59. The molecule has 0 aliphatic rings. The van der Waals surface area contributed by atoms with Gasteiger partial charge in [-0.1, -0.05) is 13.8 Å². The van der Waals surface area contributed by atoms with Gasteiger partial charge in [0.05, 0.1) is 11.4 Å². The lowest BCUT2D eigenvalue weighted by molar-refractivity contribution is 0.475. The van der Waals surface area contributed by atoms with E-state index < -0.39 is 11.2 Å². The van der Waals surface area contributed by atoms with E-state index in [0.717, 1.165) is 9.24 Å². The van der Waals surface area contributed by atoms with Gasteiger partial charge in [-0.3, -0.25) is 4.79 Å². The van der Waals surface area contributed by atoms with Crippen LogP contribution in [-0.2, 0) is 0 Å². The van der Waals surface area contributed by atoms with E-state index in [0.29, 0.717) is 16.9 Å². The number of aromatic nitrogens is 2. The summed E-state index contributed by atoms with van der Waals surface area (Å²) >= 11 is 0. The zero-order valence-electron chi connectivity index (χ0n) is 12.0. The Hall–Kier alpha value is -2.50. The molecule has 1 aromatic carbocycles. The molecule has 0 saturated carbocycles. The second-order valence-electron chi connectivity index (χ2n) is 4.02. The zero-order chi connectivity index (χ0) is 15.4. The highest BCUT2D eigenvalue weighted by atomic mass is 16.3. The normalized spacial score (nSPS) is 9.80. The third-order valence-corrected chi connectivity index (χ3v) is 2.93. The fourth-order valence-electron chi connectivity index (χ4n) is 1.67. The fraction of sp³-hybridized carbons (Fsp3) is 0.286. The first kappa shape index (κ1) is 15.6. The van der Waals surface area contributed by atoms with Crippen molar-refractivity contribution in [1.29, 1.82) is 0 Å². The minimum Gasteiger partial charge on any atom is -0.508 e. The highest BCUT2D eigenvalue weighted by Crippen LogP contribution is 2.11. The van der Waals surface area contributed by atoms with Crippen LogP contribution in [0, 0.1) is 13.8 Å². The molecule has 3 N–H and O–H groups in total. The molecule has 2 rings (SSSR count). The Morgan fingerprint density at radius 3 is 2.05 bits per heavy atom. The van der Waals surface area contributed by atoms with Gasteiger partial charge >= 0.3 is 5.69 Å². The molecule has 1 heterocycles. The topological polar surface area (TPSA) is 90.2 Å². The van der Waals surface area contributed by atoms with Crippen LogP contribution in [-0.4, -0.2) is 14.3 Å². The van der Waals surface area contributed by atoms with Crippen LogP contribution in [0.2, 0.25) is 0 Å². The van der Waals surface area contributed by atoms with Crippen molar-refractivity contribution >= 4 is 0 Å². The quantitative estimate of drug-likeness (QED) is 0.763. The van der Waals surface area contributed by atoms with Crippen molar-refractivity contribution in [3.8, 4) is 11.4 Å². The summed E-state index contributed by atoms with van der Waals surface area (Å²) < 4.78 is 1.91. The number of rotatable bonds is 1. The minimum atomic E-state index is -0.617. The van der Waals surface area contributed by atoms with E-state index in [-0.39, 0.29) is 5.75 Å². The van der Waals surface area contributed by atoms with Crippen molar-refractivity contribution in [3.05, 3.63) is 56.4 Å². The van der Waals surface area contributed by atoms with Gasteiger partial charge in [0.2, 0.25) is 0 Å². The van der Waals surface area contributed by atoms with Gasteiger partial charge in [0.25, 0.3) is 5.56 Å². The molecule has 0 unspecified atom stereocenters. The average molecular weight is 277 g/mol. The summed E-state index contributed by atoms with van der Waals surface area (Å²) in [6.07, 6.45) is 0. The number of aromatic hydroxyl groups is 1. The van der Waals surface area contributed by atoms with Gasteiger partial charge < -0.3 is 10.9 Å². The van der Waals surface area contributed by atoms with Crippen LogP contribution in [0.15, 0.2) is 33.9 Å². The van der Waals surface area contributed by atoms with Crippen molar-refractivity contribution in [1.82, 2.24) is 9.24 Å². The predicted octanol–water partition coefficient (Wildman–Crippen LogP) is 1.06. The van der Waals surface area contributed by atoms with Crippen LogP contribution < -0.4 is 17.1 Å². The summed E-state index contributed by atoms with van der Waals surface area (Å²) in [5.74, 6) is 5.67. The van der Waals surface area contributed by atoms with Crippen LogP contribution in [0.1, 0.15) is 25.1 Å². The van der Waals surface area contributed by atoms with Gasteiger partial charge in [0.15, 0.2) is 0 Å². The highest BCUT2D eigenvalue weighted by Gasteiger charge is 2.12. The Bertz CT molecular complexity index is 675. The molecule has 0 radical (unpaired) electrons. The smallest absolute Gasteiger partial charge is 0.354 e. The van der Waals surface area contributed by atoms with E-state index in [2.05, 4.69) is 0 Å². The van der Waals surface area contributed by atoms with E-state index >= 15 is 0 Å². The molecule has 0 bridgehead atoms. The molecule has 0 aliphatic carbocycles. The molecule has 108 valence electrons. The molecule has 6 nitrogen and oxygen atoms in total. The Balaban J connectivity index is 0.000000956. The molecule has 0 spiro atoms. The number of hydrogen-bond donors (Lipinski definition) is 2. The second kappa shape index (κ2) is 6.10. The van der Waals surface area contributed by atoms with E-state index in [1.54, 1.807) is 13.8 Å². The van der Waals surface area contributed by atoms with Gasteiger partial charge in [0, 0.05) is 5.56 Å². The molecule has 0 saturated heterocycles. The lowest BCUT2D eigenvalue weighted by atomic mass is 10.2. The summed E-state index contributed by atoms with van der Waals surface area (Å²) in [5.41, 5.74) is 0.175. The fourth-order valence-corrected chi connectivity index (χ4v) is 1.67. The maximum Gasteiger partial charge on any atom is 0.354 e. The van der Waals surface area contributed by atoms with E-state index in [4.69, 9.17) is 5.84 Å². The molecule has 0 atom stereocenters. The van der Waals surface area contributed by atoms with Crippen LogP contribution in [0.4, 0.5) is 0 Å². The van der Waals surface area contributed by atoms with E-state index in [1.165, 1.54) is 24.3 Å². The largest absolute Gasteiger partial charge is 0.508 e. The lowest BCUT2D eigenvalue weighted by Crippen LogP contribution is -2.44. The van der Waals surface area contributed by atoms with Crippen LogP contribution >= 0.6 is 0 Å². The van der Waals surface area contributed by atoms with Gasteiger partial charge in [-0.2, -0.15) is 0 Å². The van der Waals surface area contributed by atoms with Crippen LogP contribution in [0.5, 0.6) is 5.75 Å². The second-order valence-corrected chi connectivity index (χ2v) is 4.02. The van der Waals surface area contributed by atoms with Gasteiger partial charge in [-0.25, -0.2) is 14.0 Å². The van der Waals surface area contributed by atoms with E-state index in [1.807, 2.05) is 13.8 Å². The Morgan fingerprint density at radius 1 is 1.05 bits per heavy atom. The maximum absolute atomic E-state index is 12.1. The van der Waals surface area contributed by atoms with Crippen molar-refractivity contribution in [2.45, 2.75) is 27.7 Å². The number of hydrogen-bond acceptors (Lipinski definition) is 4. The van der Waals surface area contributed by atoms with Gasteiger partial charge in [0.1, 0.15) is 5.75 Å². The first-order chi connectivity index (χ1) is 9.43. The zero-order valence-corrected chi connectivity index (χ0v) is 12.0. The number of nitrogens with zero attached hydrogens (tertiary/aromatic N) is 2. The van der Waals surface area contributed by atoms with Gasteiger partial charge in [-0.05, 0) is 38.1 Å². The minimum absolute atomic E-state index is 0.0590. The molecule has 20 heavy (non-hydrogen) atoms. The standard InChI is InChI=1S/C12H13N3O3.C2H6/c1-7-8(2)15(13)12(18)14(11(7)17)9-3-5-10(16)6-4-9;1-2/h3-6,16H,13H2,1-2H3;1-2H3. The van der Waals surface area contributed by atoms with Crippen molar-refractivity contribution in [2.75, 3.05) is 5.84 Å². The molecule has 6 heteroatoms. The van der Waals surface area contributed by atoms with Crippen molar-refractivity contribution < 1.29 is 5.11 Å². The molecular weight excluding hydrogens is 258 g/mol. The average Bonchev–Trinajstić information content (AvgIpc) is 2.47. The molecule has 0 amide bonds. The van der Waals surface area contributed by atoms with Crippen molar-refractivity contribution in [3.63, 3.8) is 0 Å². The SMILES string of the molecule is CC.Cc1c(C)n(N)c(=O)n(-c2ccc(O)cc2)c1=O. The number of phenols is 1. The summed E-state index contributed by atoms with van der Waals surface area (Å²) in [4.78, 5) is 24.1. The lowest BCUT2D eigenvalue weighted by Gasteiger charge is -2.11. The summed E-state index contributed by atoms with van der Waals surface area (Å²) in [7, 11) is 0. The van der Waals surface area contributed by atoms with Gasteiger partial charge in [-0.15, -0.1) is 0 Å². The highest BCUT2D eigenvalue weighted by molar-refractivity contribution is 5.37. The Morgan fingerprint density at radius 2 is 1.55 bits per heavy atom. The number of nitrogen functional groups attached to an aromatic ring is 1. The Labute approximate surface area is 116 Å². The predicted molar refractivity (Wildman–Crippen MR) is 78.9 cm³/mol. The molecule has 1 aromatic heterocycles. The molecule has 0 fully saturated rings. The van der Waals surface area contributed by atoms with Crippen molar-refractivity contribution in [2.24, 2.45) is 0 Å². The number of benzene rings is 1. The molecular formula is C14H19N3O3. The maximum atomic E-state index is 12.1. The van der Waals surface area contributed by atoms with Crippen LogP contribution in [0.3, 0.4) is 0 Å². The molecule has 0 aliphatic heterocycles. The van der Waals surface area contributed by atoms with E-state index in [9.17, 15) is 14.7 Å². The molecule has 2 aromatic rings. The first-order valence-corrected chi connectivity index (χ1v) is 6.33. The number of nitrogens with two attached hydrogens (primary N) is 1. The number of phenolic OH excluding ortho intramolecular Hbond substituents is 1. The first-order valence-electron chi connectivity index (χ1n) is 6.33. The monoisotopic (exact) mass is 277 g/mol. The van der Waals surface area contributed by atoms with Crippen LogP contribution in [0.25, 0.3) is 5.69 Å². The summed E-state index contributed by atoms with van der Waals surface area (Å²) in [5, 5.41) is 9.20. The third-order valence-electron chi connectivity index (χ3n) is 2.93. The Kier molecular flexibility index (Phi) is 4.74. The summed E-state index contributed by atoms with van der Waals surface area (Å²) in [6.45, 7) is 7.22.